The summed E-state index contributed by atoms with van der Waals surface area (Å²) in [6.45, 7) is 2.60. The number of hydrogen-bond acceptors (Lipinski definition) is 3. The standard InChI is InChI=1S/C7H13NO4/c1-5(9)8-7(2,4-12-3)6(10)11/h4H2,1-3H3,(H,8,9)(H,10,11). The average molecular weight is 175 g/mol. The summed E-state index contributed by atoms with van der Waals surface area (Å²) in [4.78, 5) is 21.3. The van der Waals surface area contributed by atoms with E-state index in [2.05, 4.69) is 10.1 Å². The molecule has 5 nitrogen and oxygen atoms in total. The second-order valence-electron chi connectivity index (χ2n) is 2.75. The van der Waals surface area contributed by atoms with Crippen LogP contribution in [0.5, 0.6) is 0 Å². The number of carbonyl (C=O) groups is 2. The molecule has 0 aliphatic heterocycles. The van der Waals surface area contributed by atoms with E-state index in [0.717, 1.165) is 0 Å². The van der Waals surface area contributed by atoms with Crippen molar-refractivity contribution in [1.82, 2.24) is 5.32 Å². The number of carboxylic acid groups (broad SMARTS) is 1. The third kappa shape index (κ3) is 2.87. The van der Waals surface area contributed by atoms with Gasteiger partial charge in [0.2, 0.25) is 5.91 Å². The van der Waals surface area contributed by atoms with Gasteiger partial charge in [0.25, 0.3) is 0 Å². The molecule has 5 heteroatoms. The van der Waals surface area contributed by atoms with E-state index in [1.165, 1.54) is 21.0 Å². The van der Waals surface area contributed by atoms with Crippen LogP contribution in [0.2, 0.25) is 0 Å². The first-order chi connectivity index (χ1) is 5.42. The Labute approximate surface area is 70.7 Å². The Morgan fingerprint density at radius 2 is 2.08 bits per heavy atom. The molecule has 70 valence electrons. The summed E-state index contributed by atoms with van der Waals surface area (Å²) in [6.07, 6.45) is 0. The molecule has 0 saturated carbocycles. The molecule has 1 unspecified atom stereocenters. The van der Waals surface area contributed by atoms with Crippen LogP contribution in [0.1, 0.15) is 13.8 Å². The topological polar surface area (TPSA) is 75.6 Å². The van der Waals surface area contributed by atoms with Crippen LogP contribution < -0.4 is 5.32 Å². The van der Waals surface area contributed by atoms with Gasteiger partial charge in [0.15, 0.2) is 5.54 Å². The van der Waals surface area contributed by atoms with E-state index in [1.807, 2.05) is 0 Å². The fraction of sp³-hybridized carbons (Fsp3) is 0.714. The van der Waals surface area contributed by atoms with E-state index >= 15 is 0 Å². The van der Waals surface area contributed by atoms with Crippen LogP contribution in [0.4, 0.5) is 0 Å². The van der Waals surface area contributed by atoms with Crippen LogP contribution in [0.25, 0.3) is 0 Å². The first kappa shape index (κ1) is 10.9. The Morgan fingerprint density at radius 3 is 2.33 bits per heavy atom. The van der Waals surface area contributed by atoms with Crippen LogP contribution in [0.15, 0.2) is 0 Å². The predicted octanol–water partition coefficient (Wildman–Crippen LogP) is -0.388. The zero-order chi connectivity index (χ0) is 9.78. The van der Waals surface area contributed by atoms with Crippen molar-refractivity contribution in [3.8, 4) is 0 Å². The van der Waals surface area contributed by atoms with Crippen LogP contribution in [-0.2, 0) is 14.3 Å². The van der Waals surface area contributed by atoms with Gasteiger partial charge in [-0.1, -0.05) is 0 Å². The molecule has 0 aliphatic rings. The number of aliphatic carboxylic acids is 1. The molecule has 0 heterocycles. The number of carbonyl (C=O) groups excluding carboxylic acids is 1. The normalized spacial score (nSPS) is 14.9. The molecule has 0 saturated heterocycles. The summed E-state index contributed by atoms with van der Waals surface area (Å²) < 4.78 is 4.67. The first-order valence-electron chi connectivity index (χ1n) is 3.43. The van der Waals surface area contributed by atoms with Crippen LogP contribution in [0, 0.1) is 0 Å². The molecule has 0 bridgehead atoms. The molecule has 1 amide bonds. The summed E-state index contributed by atoms with van der Waals surface area (Å²) in [5, 5.41) is 11.0. The van der Waals surface area contributed by atoms with Crippen molar-refractivity contribution in [1.29, 1.82) is 0 Å². The zero-order valence-electron chi connectivity index (χ0n) is 7.38. The molecular formula is C7H13NO4. The van der Waals surface area contributed by atoms with Crippen molar-refractivity contribution in [3.63, 3.8) is 0 Å². The lowest BCUT2D eigenvalue weighted by Crippen LogP contribution is -2.54. The second-order valence-corrected chi connectivity index (χ2v) is 2.75. The maximum absolute atomic E-state index is 10.7. The average Bonchev–Trinajstić information content (AvgIpc) is 1.85. The lowest BCUT2D eigenvalue weighted by Gasteiger charge is -2.24. The van der Waals surface area contributed by atoms with Crippen LogP contribution in [0.3, 0.4) is 0 Å². The van der Waals surface area contributed by atoms with Crippen LogP contribution in [-0.4, -0.2) is 36.2 Å². The van der Waals surface area contributed by atoms with Gasteiger partial charge in [0.05, 0.1) is 6.61 Å². The number of ether oxygens (including phenoxy) is 1. The number of nitrogens with one attached hydrogen (secondary N) is 1. The maximum Gasteiger partial charge on any atom is 0.331 e. The van der Waals surface area contributed by atoms with Crippen molar-refractivity contribution in [2.45, 2.75) is 19.4 Å². The van der Waals surface area contributed by atoms with Gasteiger partial charge in [-0.05, 0) is 6.92 Å². The van der Waals surface area contributed by atoms with Crippen molar-refractivity contribution < 1.29 is 19.4 Å². The highest BCUT2D eigenvalue weighted by Crippen LogP contribution is 2.03. The fourth-order valence-electron chi connectivity index (χ4n) is 0.828. The third-order valence-electron chi connectivity index (χ3n) is 1.36. The molecule has 12 heavy (non-hydrogen) atoms. The minimum Gasteiger partial charge on any atom is -0.479 e. The highest BCUT2D eigenvalue weighted by molar-refractivity contribution is 5.85. The van der Waals surface area contributed by atoms with Gasteiger partial charge in [-0.15, -0.1) is 0 Å². The number of amides is 1. The van der Waals surface area contributed by atoms with E-state index in [1.54, 1.807) is 0 Å². The largest absolute Gasteiger partial charge is 0.479 e. The van der Waals surface area contributed by atoms with Crippen molar-refractivity contribution in [2.75, 3.05) is 13.7 Å². The minimum atomic E-state index is -1.33. The van der Waals surface area contributed by atoms with Gasteiger partial charge in [-0.2, -0.15) is 0 Å². The van der Waals surface area contributed by atoms with E-state index in [-0.39, 0.29) is 6.61 Å². The van der Waals surface area contributed by atoms with Gasteiger partial charge < -0.3 is 15.2 Å². The lowest BCUT2D eigenvalue weighted by atomic mass is 10.0. The zero-order valence-corrected chi connectivity index (χ0v) is 7.38. The highest BCUT2D eigenvalue weighted by Gasteiger charge is 2.33. The number of rotatable bonds is 4. The SMILES string of the molecule is COCC(C)(NC(C)=O)C(=O)O. The molecule has 0 radical (unpaired) electrons. The summed E-state index contributed by atoms with van der Waals surface area (Å²) in [6, 6.07) is 0. The molecular weight excluding hydrogens is 162 g/mol. The molecule has 0 rings (SSSR count). The Bertz CT molecular complexity index is 192. The molecule has 0 aromatic carbocycles. The predicted molar refractivity (Wildman–Crippen MR) is 41.7 cm³/mol. The molecule has 0 aliphatic carbocycles. The maximum atomic E-state index is 10.7. The van der Waals surface area contributed by atoms with E-state index < -0.39 is 17.4 Å². The van der Waals surface area contributed by atoms with Crippen LogP contribution >= 0.6 is 0 Å². The molecule has 2 N–H and O–H groups in total. The van der Waals surface area contributed by atoms with Gasteiger partial charge in [0.1, 0.15) is 0 Å². The van der Waals surface area contributed by atoms with Gasteiger partial charge in [-0.25, -0.2) is 4.79 Å². The monoisotopic (exact) mass is 175 g/mol. The Morgan fingerprint density at radius 1 is 1.58 bits per heavy atom. The summed E-state index contributed by atoms with van der Waals surface area (Å²) in [7, 11) is 1.38. The van der Waals surface area contributed by atoms with E-state index in [9.17, 15) is 9.59 Å². The van der Waals surface area contributed by atoms with Gasteiger partial charge >= 0.3 is 5.97 Å². The van der Waals surface area contributed by atoms with Crippen molar-refractivity contribution in [2.24, 2.45) is 0 Å². The van der Waals surface area contributed by atoms with Gasteiger partial charge in [0, 0.05) is 14.0 Å². The van der Waals surface area contributed by atoms with Gasteiger partial charge in [-0.3, -0.25) is 4.79 Å². The minimum absolute atomic E-state index is 0.0537. The van der Waals surface area contributed by atoms with E-state index in [0.29, 0.717) is 0 Å². The first-order valence-corrected chi connectivity index (χ1v) is 3.43. The molecule has 0 aromatic heterocycles. The molecule has 0 spiro atoms. The Kier molecular flexibility index (Phi) is 3.69. The van der Waals surface area contributed by atoms with Crippen molar-refractivity contribution >= 4 is 11.9 Å². The Balaban J connectivity index is 4.38. The van der Waals surface area contributed by atoms with Crippen molar-refractivity contribution in [3.05, 3.63) is 0 Å². The summed E-state index contributed by atoms with van der Waals surface area (Å²) in [5.41, 5.74) is -1.33. The molecule has 1 atom stereocenters. The highest BCUT2D eigenvalue weighted by atomic mass is 16.5. The lowest BCUT2D eigenvalue weighted by molar-refractivity contribution is -0.148. The molecule has 0 aromatic rings. The second kappa shape index (κ2) is 4.06. The van der Waals surface area contributed by atoms with E-state index in [4.69, 9.17) is 5.11 Å². The Hall–Kier alpha value is -1.10. The number of methoxy groups -OCH3 is 1. The third-order valence-corrected chi connectivity index (χ3v) is 1.36. The smallest absolute Gasteiger partial charge is 0.331 e. The number of carboxylic acids is 1. The number of hydrogen-bond donors (Lipinski definition) is 2. The summed E-state index contributed by atoms with van der Waals surface area (Å²) >= 11 is 0. The quantitative estimate of drug-likeness (QED) is 0.610. The molecule has 0 fully saturated rings. The summed E-state index contributed by atoms with van der Waals surface area (Å²) in [5.74, 6) is -1.50. The fourth-order valence-corrected chi connectivity index (χ4v) is 0.828.